The van der Waals surface area contributed by atoms with Crippen molar-refractivity contribution in [2.45, 2.75) is 38.3 Å². The summed E-state index contributed by atoms with van der Waals surface area (Å²) in [5, 5.41) is 12.6. The zero-order valence-corrected chi connectivity index (χ0v) is 9.89. The largest absolute Gasteiger partial charge is 0.396 e. The molecule has 0 atom stereocenters. The molecule has 1 aromatic rings. The number of hydrogen-bond donors (Lipinski definition) is 2. The zero-order valence-electron chi connectivity index (χ0n) is 9.89. The van der Waals surface area contributed by atoms with Crippen molar-refractivity contribution in [3.63, 3.8) is 0 Å². The van der Waals surface area contributed by atoms with Crippen molar-refractivity contribution in [3.05, 3.63) is 18.2 Å². The molecule has 1 saturated carbocycles. The highest BCUT2D eigenvalue weighted by Crippen LogP contribution is 2.23. The topological polar surface area (TPSA) is 50.1 Å². The van der Waals surface area contributed by atoms with Gasteiger partial charge in [-0.1, -0.05) is 0 Å². The minimum Gasteiger partial charge on any atom is -0.396 e. The first-order valence-corrected chi connectivity index (χ1v) is 6.10. The summed E-state index contributed by atoms with van der Waals surface area (Å²) in [4.78, 5) is 4.29. The Hall–Kier alpha value is -0.870. The highest BCUT2D eigenvalue weighted by atomic mass is 16.3. The first-order chi connectivity index (χ1) is 7.79. The van der Waals surface area contributed by atoms with E-state index in [1.807, 2.05) is 24.0 Å². The fourth-order valence-corrected chi connectivity index (χ4v) is 2.35. The molecule has 0 radical (unpaired) electrons. The lowest BCUT2D eigenvalue weighted by Gasteiger charge is -2.27. The maximum atomic E-state index is 9.06. The van der Waals surface area contributed by atoms with Gasteiger partial charge in [-0.05, 0) is 31.6 Å². The maximum Gasteiger partial charge on any atom is 0.122 e. The van der Waals surface area contributed by atoms with Crippen LogP contribution in [0.15, 0.2) is 12.4 Å². The highest BCUT2D eigenvalue weighted by Gasteiger charge is 2.20. The van der Waals surface area contributed by atoms with Gasteiger partial charge in [-0.15, -0.1) is 0 Å². The van der Waals surface area contributed by atoms with Crippen LogP contribution in [0.2, 0.25) is 0 Å². The van der Waals surface area contributed by atoms with Crippen molar-refractivity contribution in [3.8, 4) is 0 Å². The van der Waals surface area contributed by atoms with E-state index in [4.69, 9.17) is 5.11 Å². The third kappa shape index (κ3) is 2.83. The van der Waals surface area contributed by atoms with Gasteiger partial charge in [-0.3, -0.25) is 0 Å². The van der Waals surface area contributed by atoms with E-state index in [0.717, 1.165) is 25.2 Å². The molecule has 1 fully saturated rings. The molecular weight excluding hydrogens is 202 g/mol. The summed E-state index contributed by atoms with van der Waals surface area (Å²) in [5.41, 5.74) is 0. The fourth-order valence-electron chi connectivity index (χ4n) is 2.35. The van der Waals surface area contributed by atoms with Crippen LogP contribution in [0.4, 0.5) is 0 Å². The average molecular weight is 223 g/mol. The molecule has 0 amide bonds. The number of aliphatic hydroxyl groups is 1. The van der Waals surface area contributed by atoms with Crippen molar-refractivity contribution in [1.82, 2.24) is 14.9 Å². The lowest BCUT2D eigenvalue weighted by molar-refractivity contribution is 0.174. The number of aryl methyl sites for hydroxylation is 1. The normalized spacial score (nSPS) is 25.9. The zero-order chi connectivity index (χ0) is 11.4. The molecule has 4 nitrogen and oxygen atoms in total. The van der Waals surface area contributed by atoms with Crippen LogP contribution in [0.1, 0.15) is 31.5 Å². The van der Waals surface area contributed by atoms with E-state index in [2.05, 4.69) is 10.3 Å². The van der Waals surface area contributed by atoms with Crippen molar-refractivity contribution < 1.29 is 5.11 Å². The van der Waals surface area contributed by atoms with Crippen LogP contribution >= 0.6 is 0 Å². The fraction of sp³-hybridized carbons (Fsp3) is 0.750. The van der Waals surface area contributed by atoms with Crippen LogP contribution in [0.5, 0.6) is 0 Å². The Morgan fingerprint density at radius 1 is 1.44 bits per heavy atom. The lowest BCUT2D eigenvalue weighted by atomic mass is 9.86. The minimum atomic E-state index is 0.353. The minimum absolute atomic E-state index is 0.353. The Morgan fingerprint density at radius 3 is 2.75 bits per heavy atom. The van der Waals surface area contributed by atoms with Crippen molar-refractivity contribution in [1.29, 1.82) is 0 Å². The second-order valence-corrected chi connectivity index (χ2v) is 4.74. The van der Waals surface area contributed by atoms with Gasteiger partial charge in [-0.25, -0.2) is 4.98 Å². The number of nitrogens with zero attached hydrogens (tertiary/aromatic N) is 2. The summed E-state index contributed by atoms with van der Waals surface area (Å²) >= 11 is 0. The second kappa shape index (κ2) is 5.46. The number of aliphatic hydroxyl groups excluding tert-OH is 1. The van der Waals surface area contributed by atoms with Gasteiger partial charge in [0.2, 0.25) is 0 Å². The maximum absolute atomic E-state index is 9.06. The van der Waals surface area contributed by atoms with E-state index in [9.17, 15) is 0 Å². The summed E-state index contributed by atoms with van der Waals surface area (Å²) in [5.74, 6) is 1.62. The number of hydrogen-bond acceptors (Lipinski definition) is 3. The smallest absolute Gasteiger partial charge is 0.122 e. The Balaban J connectivity index is 1.73. The van der Waals surface area contributed by atoms with E-state index in [1.54, 1.807) is 0 Å². The van der Waals surface area contributed by atoms with E-state index in [1.165, 1.54) is 12.8 Å². The first-order valence-electron chi connectivity index (χ1n) is 6.10. The average Bonchev–Trinajstić information content (AvgIpc) is 2.73. The van der Waals surface area contributed by atoms with Gasteiger partial charge in [0, 0.05) is 32.1 Å². The molecule has 0 bridgehead atoms. The predicted octanol–water partition coefficient (Wildman–Crippen LogP) is 1.06. The Morgan fingerprint density at radius 2 is 2.19 bits per heavy atom. The third-order valence-electron chi connectivity index (χ3n) is 3.57. The van der Waals surface area contributed by atoms with Gasteiger partial charge in [0.25, 0.3) is 0 Å². The summed E-state index contributed by atoms with van der Waals surface area (Å²) in [6.45, 7) is 1.20. The number of nitrogens with one attached hydrogen (secondary N) is 1. The van der Waals surface area contributed by atoms with Crippen molar-refractivity contribution in [2.24, 2.45) is 13.0 Å². The van der Waals surface area contributed by atoms with Crippen molar-refractivity contribution in [2.75, 3.05) is 6.61 Å². The number of imidazole rings is 1. The van der Waals surface area contributed by atoms with Crippen LogP contribution in [0.3, 0.4) is 0 Å². The molecule has 0 aliphatic heterocycles. The molecule has 1 heterocycles. The van der Waals surface area contributed by atoms with Crippen LogP contribution in [-0.2, 0) is 13.6 Å². The van der Waals surface area contributed by atoms with Crippen LogP contribution in [0, 0.1) is 5.92 Å². The standard InChI is InChI=1S/C12H21N3O/c1-15-7-6-13-12(15)8-14-11-4-2-10(9-16)3-5-11/h6-7,10-11,14,16H,2-5,8-9H2,1H3. The SMILES string of the molecule is Cn1ccnc1CNC1CCC(CO)CC1. The van der Waals surface area contributed by atoms with Gasteiger partial charge in [0.05, 0.1) is 6.54 Å². The van der Waals surface area contributed by atoms with Crippen LogP contribution in [0.25, 0.3) is 0 Å². The lowest BCUT2D eigenvalue weighted by Crippen LogP contribution is -2.34. The predicted molar refractivity (Wildman–Crippen MR) is 62.9 cm³/mol. The molecule has 16 heavy (non-hydrogen) atoms. The monoisotopic (exact) mass is 223 g/mol. The van der Waals surface area contributed by atoms with Gasteiger partial charge >= 0.3 is 0 Å². The highest BCUT2D eigenvalue weighted by molar-refractivity contribution is 4.91. The van der Waals surface area contributed by atoms with E-state index >= 15 is 0 Å². The van der Waals surface area contributed by atoms with E-state index in [0.29, 0.717) is 18.6 Å². The summed E-state index contributed by atoms with van der Waals surface area (Å²) in [6, 6.07) is 0.597. The van der Waals surface area contributed by atoms with Crippen LogP contribution < -0.4 is 5.32 Å². The molecule has 90 valence electrons. The molecule has 0 unspecified atom stereocenters. The number of aromatic nitrogens is 2. The Bertz CT molecular complexity index is 316. The van der Waals surface area contributed by atoms with Gasteiger partial charge in [-0.2, -0.15) is 0 Å². The molecule has 1 aliphatic rings. The first kappa shape index (κ1) is 11.6. The molecular formula is C12H21N3O. The molecule has 4 heteroatoms. The quantitative estimate of drug-likeness (QED) is 0.802. The van der Waals surface area contributed by atoms with Gasteiger partial charge < -0.3 is 15.0 Å². The molecule has 2 N–H and O–H groups in total. The van der Waals surface area contributed by atoms with Gasteiger partial charge in [0.15, 0.2) is 0 Å². The molecule has 1 aliphatic carbocycles. The molecule has 1 aromatic heterocycles. The Kier molecular flexibility index (Phi) is 3.96. The molecule has 0 spiro atoms. The van der Waals surface area contributed by atoms with Gasteiger partial charge in [0.1, 0.15) is 5.82 Å². The molecule has 0 aromatic carbocycles. The van der Waals surface area contributed by atoms with Crippen molar-refractivity contribution >= 4 is 0 Å². The molecule has 2 rings (SSSR count). The van der Waals surface area contributed by atoms with Crippen LogP contribution in [-0.4, -0.2) is 27.3 Å². The Labute approximate surface area is 96.7 Å². The summed E-state index contributed by atoms with van der Waals surface area (Å²) < 4.78 is 2.05. The van der Waals surface area contributed by atoms with E-state index < -0.39 is 0 Å². The summed E-state index contributed by atoms with van der Waals surface area (Å²) in [6.07, 6.45) is 8.45. The number of rotatable bonds is 4. The summed E-state index contributed by atoms with van der Waals surface area (Å²) in [7, 11) is 2.02. The third-order valence-corrected chi connectivity index (χ3v) is 3.57. The second-order valence-electron chi connectivity index (χ2n) is 4.74. The molecule has 0 saturated heterocycles. The van der Waals surface area contributed by atoms with E-state index in [-0.39, 0.29) is 0 Å².